The van der Waals surface area contributed by atoms with E-state index in [-0.39, 0.29) is 22.4 Å². The van der Waals surface area contributed by atoms with Gasteiger partial charge in [-0.05, 0) is 31.5 Å². The van der Waals surface area contributed by atoms with E-state index < -0.39 is 16.9 Å². The number of aryl methyl sites for hydroxylation is 2. The van der Waals surface area contributed by atoms with Gasteiger partial charge in [-0.2, -0.15) is 0 Å². The van der Waals surface area contributed by atoms with Gasteiger partial charge in [0.1, 0.15) is 5.58 Å². The van der Waals surface area contributed by atoms with Gasteiger partial charge in [0, 0.05) is 17.5 Å². The molecule has 1 aliphatic rings. The van der Waals surface area contributed by atoms with Crippen molar-refractivity contribution in [2.45, 2.75) is 19.9 Å². The van der Waals surface area contributed by atoms with Gasteiger partial charge >= 0.3 is 0 Å². The van der Waals surface area contributed by atoms with Crippen molar-refractivity contribution in [3.8, 4) is 0 Å². The number of hydrogen-bond donors (Lipinski definition) is 0. The van der Waals surface area contributed by atoms with E-state index in [1.165, 1.54) is 34.4 Å². The van der Waals surface area contributed by atoms with Gasteiger partial charge in [-0.15, -0.1) is 11.3 Å². The number of rotatable bonds is 3. The van der Waals surface area contributed by atoms with Crippen LogP contribution in [0.1, 0.15) is 39.0 Å². The predicted molar refractivity (Wildman–Crippen MR) is 116 cm³/mol. The van der Waals surface area contributed by atoms with Gasteiger partial charge in [0.05, 0.1) is 27.6 Å². The quantitative estimate of drug-likeness (QED) is 0.347. The number of nitro benzene ring substituents is 1. The molecule has 0 saturated carbocycles. The number of hydrogen-bond acceptors (Lipinski definition) is 7. The number of anilines is 1. The first-order valence-electron chi connectivity index (χ1n) is 9.42. The van der Waals surface area contributed by atoms with Crippen LogP contribution in [0.2, 0.25) is 0 Å². The smallest absolute Gasteiger partial charge is 0.297 e. The lowest BCUT2D eigenvalue weighted by atomic mass is 9.98. The van der Waals surface area contributed by atoms with Crippen molar-refractivity contribution in [2.24, 2.45) is 0 Å². The fraction of sp³-hybridized carbons (Fsp3) is 0.136. The molecule has 1 aliphatic heterocycles. The van der Waals surface area contributed by atoms with Crippen molar-refractivity contribution < 1.29 is 14.1 Å². The molecule has 0 radical (unpaired) electrons. The first-order chi connectivity index (χ1) is 14.8. The van der Waals surface area contributed by atoms with Crippen LogP contribution >= 0.6 is 11.3 Å². The summed E-state index contributed by atoms with van der Waals surface area (Å²) in [6.45, 7) is 3.66. The second kappa shape index (κ2) is 6.85. The summed E-state index contributed by atoms with van der Waals surface area (Å²) in [7, 11) is 0. The minimum atomic E-state index is -0.880. The molecule has 0 saturated heterocycles. The number of nitro groups is 1. The summed E-state index contributed by atoms with van der Waals surface area (Å²) in [6, 6.07) is 10.2. The van der Waals surface area contributed by atoms with E-state index in [9.17, 15) is 19.7 Å². The van der Waals surface area contributed by atoms with Gasteiger partial charge in [0.15, 0.2) is 10.6 Å². The minimum absolute atomic E-state index is 0.0642. The normalized spacial score (nSPS) is 15.5. The highest BCUT2D eigenvalue weighted by Crippen LogP contribution is 2.42. The monoisotopic (exact) mass is 433 g/mol. The molecule has 1 atom stereocenters. The Hall–Kier alpha value is -3.85. The van der Waals surface area contributed by atoms with Crippen molar-refractivity contribution >= 4 is 39.0 Å². The standard InChI is InChI=1S/C22H15N3O5S/c1-11-6-7-16-15(8-11)19(26)17-18(13-4-3-5-14(9-13)25(28)29)24(21(27)20(17)30-16)22-23-12(2)10-31-22/h3-10,18H,1-2H3. The maximum atomic E-state index is 13.5. The highest BCUT2D eigenvalue weighted by Gasteiger charge is 2.45. The van der Waals surface area contributed by atoms with E-state index in [2.05, 4.69) is 4.98 Å². The molecule has 4 aromatic rings. The molecule has 0 fully saturated rings. The molecule has 0 bridgehead atoms. The van der Waals surface area contributed by atoms with Gasteiger partial charge in [-0.1, -0.05) is 23.8 Å². The summed E-state index contributed by atoms with van der Waals surface area (Å²) in [5, 5.41) is 13.9. The Labute approximate surface area is 179 Å². The fourth-order valence-electron chi connectivity index (χ4n) is 3.86. The Morgan fingerprint density at radius 1 is 1.16 bits per heavy atom. The number of aromatic nitrogens is 1. The molecule has 3 heterocycles. The number of nitrogens with zero attached hydrogens (tertiary/aromatic N) is 3. The van der Waals surface area contributed by atoms with E-state index in [0.717, 1.165) is 11.3 Å². The number of benzene rings is 2. The van der Waals surface area contributed by atoms with Crippen molar-refractivity contribution in [3.63, 3.8) is 0 Å². The number of carbonyl (C=O) groups is 1. The molecule has 0 spiro atoms. The number of carbonyl (C=O) groups excluding carboxylic acids is 1. The molecule has 2 aromatic heterocycles. The average Bonchev–Trinajstić information content (AvgIpc) is 3.30. The summed E-state index contributed by atoms with van der Waals surface area (Å²) < 4.78 is 5.89. The molecule has 5 rings (SSSR count). The van der Waals surface area contributed by atoms with Gasteiger partial charge in [0.25, 0.3) is 11.6 Å². The summed E-state index contributed by atoms with van der Waals surface area (Å²) in [4.78, 5) is 43.6. The summed E-state index contributed by atoms with van der Waals surface area (Å²) in [5.41, 5.74) is 2.06. The van der Waals surface area contributed by atoms with Crippen molar-refractivity contribution in [1.29, 1.82) is 0 Å². The molecular weight excluding hydrogens is 418 g/mol. The molecule has 1 unspecified atom stereocenters. The molecular formula is C22H15N3O5S. The van der Waals surface area contributed by atoms with Crippen LogP contribution in [0.4, 0.5) is 10.8 Å². The first kappa shape index (κ1) is 19.1. The van der Waals surface area contributed by atoms with Crippen LogP contribution in [0.5, 0.6) is 0 Å². The number of amides is 1. The molecule has 31 heavy (non-hydrogen) atoms. The number of fused-ring (bicyclic) bond motifs is 2. The second-order valence-electron chi connectivity index (χ2n) is 7.37. The Kier molecular flexibility index (Phi) is 4.23. The third kappa shape index (κ3) is 2.93. The topological polar surface area (TPSA) is 107 Å². The molecule has 2 aromatic carbocycles. The van der Waals surface area contributed by atoms with Gasteiger partial charge < -0.3 is 4.42 Å². The van der Waals surface area contributed by atoms with E-state index >= 15 is 0 Å². The zero-order valence-electron chi connectivity index (χ0n) is 16.5. The maximum absolute atomic E-state index is 13.5. The largest absolute Gasteiger partial charge is 0.450 e. The van der Waals surface area contributed by atoms with Crippen LogP contribution in [0.25, 0.3) is 11.0 Å². The molecule has 8 nitrogen and oxygen atoms in total. The summed E-state index contributed by atoms with van der Waals surface area (Å²) in [6.07, 6.45) is 0. The number of non-ortho nitro benzene ring substituents is 1. The molecule has 0 aliphatic carbocycles. The van der Waals surface area contributed by atoms with Crippen LogP contribution in [-0.4, -0.2) is 15.8 Å². The van der Waals surface area contributed by atoms with Crippen LogP contribution in [0.3, 0.4) is 0 Å². The van der Waals surface area contributed by atoms with Crippen LogP contribution < -0.4 is 10.3 Å². The zero-order chi connectivity index (χ0) is 21.9. The highest BCUT2D eigenvalue weighted by atomic mass is 32.1. The van der Waals surface area contributed by atoms with Gasteiger partial charge in [0.2, 0.25) is 5.76 Å². The lowest BCUT2D eigenvalue weighted by molar-refractivity contribution is -0.384. The van der Waals surface area contributed by atoms with Crippen molar-refractivity contribution in [2.75, 3.05) is 4.90 Å². The Balaban J connectivity index is 1.83. The van der Waals surface area contributed by atoms with Crippen LogP contribution in [-0.2, 0) is 0 Å². The van der Waals surface area contributed by atoms with E-state index in [4.69, 9.17) is 4.42 Å². The molecule has 1 amide bonds. The Morgan fingerprint density at radius 2 is 1.97 bits per heavy atom. The highest BCUT2D eigenvalue weighted by molar-refractivity contribution is 7.14. The van der Waals surface area contributed by atoms with Gasteiger partial charge in [-0.3, -0.25) is 24.6 Å². The SMILES string of the molecule is Cc1ccc2oc3c(c(=O)c2c1)C(c1cccc([N+](=O)[O-])c1)N(c1nc(C)cs1)C3=O. The average molecular weight is 433 g/mol. The predicted octanol–water partition coefficient (Wildman–Crippen LogP) is 4.52. The molecule has 0 N–H and O–H groups in total. The van der Waals surface area contributed by atoms with E-state index in [1.807, 2.05) is 6.92 Å². The third-order valence-electron chi connectivity index (χ3n) is 5.24. The fourth-order valence-corrected chi connectivity index (χ4v) is 4.69. The first-order valence-corrected chi connectivity index (χ1v) is 10.3. The third-order valence-corrected chi connectivity index (χ3v) is 6.19. The second-order valence-corrected chi connectivity index (χ2v) is 8.21. The van der Waals surface area contributed by atoms with Crippen molar-refractivity contribution in [1.82, 2.24) is 4.98 Å². The molecule has 9 heteroatoms. The lowest BCUT2D eigenvalue weighted by Gasteiger charge is -2.22. The van der Waals surface area contributed by atoms with E-state index in [1.54, 1.807) is 36.6 Å². The summed E-state index contributed by atoms with van der Waals surface area (Å²) in [5.74, 6) is -0.564. The maximum Gasteiger partial charge on any atom is 0.297 e. The number of thiazole rings is 1. The molecule has 154 valence electrons. The van der Waals surface area contributed by atoms with Crippen molar-refractivity contribution in [3.05, 3.63) is 96.3 Å². The van der Waals surface area contributed by atoms with Crippen LogP contribution in [0.15, 0.2) is 57.1 Å². The Bertz CT molecular complexity index is 1460. The zero-order valence-corrected chi connectivity index (χ0v) is 17.3. The van der Waals surface area contributed by atoms with Crippen LogP contribution in [0, 0.1) is 24.0 Å². The summed E-state index contributed by atoms with van der Waals surface area (Å²) >= 11 is 1.26. The lowest BCUT2D eigenvalue weighted by Crippen LogP contribution is -2.29. The van der Waals surface area contributed by atoms with E-state index in [0.29, 0.717) is 21.7 Å². The Morgan fingerprint density at radius 3 is 2.68 bits per heavy atom. The van der Waals surface area contributed by atoms with Gasteiger partial charge in [-0.25, -0.2) is 4.98 Å². The minimum Gasteiger partial charge on any atom is -0.450 e.